The van der Waals surface area contributed by atoms with Crippen LogP contribution < -0.4 is 10.6 Å². The lowest BCUT2D eigenvalue weighted by Gasteiger charge is -2.02. The Kier molecular flexibility index (Phi) is 9.35. The van der Waals surface area contributed by atoms with Crippen molar-refractivity contribution in [2.24, 2.45) is 0 Å². The smallest absolute Gasteiger partial charge is 0.267 e. The number of aryl methyl sites for hydroxylation is 2. The van der Waals surface area contributed by atoms with Crippen LogP contribution in [0.25, 0.3) is 0 Å². The Balaban J connectivity index is 1.22. The molecule has 6 nitrogen and oxygen atoms in total. The maximum atomic E-state index is 12.6. The summed E-state index contributed by atoms with van der Waals surface area (Å²) in [7, 11) is 0. The average Bonchev–Trinajstić information content (AvgIpc) is 3.44. The van der Waals surface area contributed by atoms with E-state index in [0.717, 1.165) is 42.9 Å². The number of hydrogen-bond donors (Lipinski definition) is 2. The molecule has 0 fully saturated rings. The van der Waals surface area contributed by atoms with Gasteiger partial charge in [-0.05, 0) is 38.1 Å². The molecule has 0 aliphatic rings. The SMILES string of the molecule is Cc1nc(SC/C=C/CSc2nc(C)c(C(=O)Nc3ccccc3)s2)sc1C(=O)Nc1ccccc1. The van der Waals surface area contributed by atoms with Gasteiger partial charge in [-0.25, -0.2) is 9.97 Å². The van der Waals surface area contributed by atoms with Gasteiger partial charge >= 0.3 is 0 Å². The van der Waals surface area contributed by atoms with Crippen LogP contribution in [0.2, 0.25) is 0 Å². The minimum Gasteiger partial charge on any atom is -0.321 e. The van der Waals surface area contributed by atoms with E-state index in [-0.39, 0.29) is 11.8 Å². The van der Waals surface area contributed by atoms with Gasteiger partial charge in [0.1, 0.15) is 9.75 Å². The normalized spacial score (nSPS) is 11.1. The fourth-order valence-corrected chi connectivity index (χ4v) is 7.00. The van der Waals surface area contributed by atoms with Crippen LogP contribution >= 0.6 is 46.2 Å². The molecule has 2 heterocycles. The topological polar surface area (TPSA) is 84.0 Å². The monoisotopic (exact) mass is 552 g/mol. The Hall–Kier alpha value is -2.92. The quantitative estimate of drug-likeness (QED) is 0.160. The van der Waals surface area contributed by atoms with Crippen molar-refractivity contribution in [3.8, 4) is 0 Å². The van der Waals surface area contributed by atoms with Crippen LogP contribution in [-0.4, -0.2) is 33.3 Å². The van der Waals surface area contributed by atoms with Gasteiger partial charge in [-0.2, -0.15) is 0 Å². The molecule has 10 heteroatoms. The van der Waals surface area contributed by atoms with E-state index in [1.807, 2.05) is 74.5 Å². The minimum absolute atomic E-state index is 0.134. The van der Waals surface area contributed by atoms with Gasteiger partial charge in [-0.1, -0.05) is 72.1 Å². The van der Waals surface area contributed by atoms with E-state index in [1.54, 1.807) is 23.5 Å². The van der Waals surface area contributed by atoms with Gasteiger partial charge in [0.2, 0.25) is 0 Å². The molecule has 0 unspecified atom stereocenters. The first-order valence-electron chi connectivity index (χ1n) is 11.1. The Bertz CT molecular complexity index is 1250. The van der Waals surface area contributed by atoms with E-state index in [9.17, 15) is 9.59 Å². The summed E-state index contributed by atoms with van der Waals surface area (Å²) in [6, 6.07) is 18.8. The molecule has 0 saturated carbocycles. The lowest BCUT2D eigenvalue weighted by Crippen LogP contribution is -2.11. The predicted molar refractivity (Wildman–Crippen MR) is 153 cm³/mol. The van der Waals surface area contributed by atoms with Gasteiger partial charge in [-0.15, -0.1) is 22.7 Å². The second kappa shape index (κ2) is 12.9. The van der Waals surface area contributed by atoms with Crippen LogP contribution in [0.15, 0.2) is 81.5 Å². The highest BCUT2D eigenvalue weighted by Gasteiger charge is 2.16. The van der Waals surface area contributed by atoms with Gasteiger partial charge < -0.3 is 10.6 Å². The first kappa shape index (κ1) is 26.2. The summed E-state index contributed by atoms with van der Waals surface area (Å²) < 4.78 is 1.74. The number of thioether (sulfide) groups is 2. The number of amides is 2. The number of rotatable bonds is 10. The highest BCUT2D eigenvalue weighted by atomic mass is 32.2. The van der Waals surface area contributed by atoms with Gasteiger partial charge in [0.15, 0.2) is 8.68 Å². The van der Waals surface area contributed by atoms with E-state index in [1.165, 1.54) is 22.7 Å². The van der Waals surface area contributed by atoms with Crippen LogP contribution in [0.3, 0.4) is 0 Å². The number of para-hydroxylation sites is 2. The molecule has 0 saturated heterocycles. The van der Waals surface area contributed by atoms with Crippen molar-refractivity contribution in [1.29, 1.82) is 0 Å². The zero-order valence-corrected chi connectivity index (χ0v) is 23.0. The average molecular weight is 553 g/mol. The number of aromatic nitrogens is 2. The van der Waals surface area contributed by atoms with Crippen molar-refractivity contribution in [2.75, 3.05) is 22.1 Å². The van der Waals surface area contributed by atoms with Crippen LogP contribution in [0.5, 0.6) is 0 Å². The summed E-state index contributed by atoms with van der Waals surface area (Å²) >= 11 is 6.02. The van der Waals surface area contributed by atoms with E-state index in [4.69, 9.17) is 0 Å². The zero-order chi connectivity index (χ0) is 25.3. The molecule has 2 aromatic heterocycles. The Morgan fingerprint density at radius 3 is 1.50 bits per heavy atom. The molecule has 2 amide bonds. The molecule has 0 radical (unpaired) electrons. The summed E-state index contributed by atoms with van der Waals surface area (Å²) in [5, 5.41) is 5.82. The zero-order valence-electron chi connectivity index (χ0n) is 19.7. The number of thiazole rings is 2. The fourth-order valence-electron chi connectivity index (χ4n) is 3.08. The number of anilines is 2. The largest absolute Gasteiger partial charge is 0.321 e. The third-order valence-corrected chi connectivity index (χ3v) is 9.31. The van der Waals surface area contributed by atoms with Crippen molar-refractivity contribution < 1.29 is 9.59 Å². The fraction of sp³-hybridized carbons (Fsp3) is 0.154. The summed E-state index contributed by atoms with van der Waals surface area (Å²) in [5.74, 6) is 1.25. The van der Waals surface area contributed by atoms with Gasteiger partial charge in [0.25, 0.3) is 11.8 Å². The molecule has 4 rings (SSSR count). The predicted octanol–water partition coefficient (Wildman–Crippen LogP) is 7.16. The Labute approximate surface area is 226 Å². The number of carbonyl (C=O) groups excluding carboxylic acids is 2. The lowest BCUT2D eigenvalue weighted by molar-refractivity contribution is 0.102. The number of carbonyl (C=O) groups is 2. The number of nitrogens with zero attached hydrogens (tertiary/aromatic N) is 2. The summed E-state index contributed by atoms with van der Waals surface area (Å²) in [5.41, 5.74) is 3.01. The maximum absolute atomic E-state index is 12.6. The molecular formula is C26H24N4O2S4. The molecule has 0 aliphatic carbocycles. The third kappa shape index (κ3) is 7.30. The number of hydrogen-bond acceptors (Lipinski definition) is 8. The Morgan fingerprint density at radius 2 is 1.11 bits per heavy atom. The van der Waals surface area contributed by atoms with Crippen molar-refractivity contribution in [3.05, 3.63) is 94.0 Å². The van der Waals surface area contributed by atoms with Crippen molar-refractivity contribution >= 4 is 69.4 Å². The summed E-state index contributed by atoms with van der Waals surface area (Å²) in [6.45, 7) is 3.72. The van der Waals surface area contributed by atoms with Gasteiger partial charge in [-0.3, -0.25) is 9.59 Å². The van der Waals surface area contributed by atoms with Crippen LogP contribution in [0.4, 0.5) is 11.4 Å². The summed E-state index contributed by atoms with van der Waals surface area (Å²) in [6.07, 6.45) is 4.17. The molecule has 2 N–H and O–H groups in total. The highest BCUT2D eigenvalue weighted by molar-refractivity contribution is 8.01. The standard InChI is InChI=1S/C26H24N4O2S4/c1-17-21(23(31)29-19-11-5-3-6-12-19)35-25(27-17)33-15-9-10-16-34-26-28-18(2)22(36-26)24(32)30-20-13-7-4-8-14-20/h3-14H,15-16H2,1-2H3,(H,29,31)(H,30,32)/b10-9+. The molecule has 0 spiro atoms. The molecule has 4 aromatic rings. The molecule has 184 valence electrons. The molecule has 0 atom stereocenters. The molecule has 36 heavy (non-hydrogen) atoms. The first-order valence-corrected chi connectivity index (χ1v) is 14.7. The van der Waals surface area contributed by atoms with Gasteiger partial charge in [0.05, 0.1) is 11.4 Å². The minimum atomic E-state index is -0.134. The summed E-state index contributed by atoms with van der Waals surface area (Å²) in [4.78, 5) is 35.5. The first-order chi connectivity index (χ1) is 17.5. The molecule has 0 aliphatic heterocycles. The molecule has 2 aromatic carbocycles. The Morgan fingerprint density at radius 1 is 0.722 bits per heavy atom. The number of benzene rings is 2. The third-order valence-electron chi connectivity index (χ3n) is 4.80. The van der Waals surface area contributed by atoms with E-state index < -0.39 is 0 Å². The second-order valence-electron chi connectivity index (χ2n) is 7.52. The molecule has 0 bridgehead atoms. The van der Waals surface area contributed by atoms with Crippen LogP contribution in [-0.2, 0) is 0 Å². The van der Waals surface area contributed by atoms with Crippen molar-refractivity contribution in [1.82, 2.24) is 9.97 Å². The highest BCUT2D eigenvalue weighted by Crippen LogP contribution is 2.29. The van der Waals surface area contributed by atoms with E-state index in [2.05, 4.69) is 32.8 Å². The lowest BCUT2D eigenvalue weighted by atomic mass is 10.3. The number of nitrogens with one attached hydrogen (secondary N) is 2. The van der Waals surface area contributed by atoms with Crippen molar-refractivity contribution in [3.63, 3.8) is 0 Å². The van der Waals surface area contributed by atoms with Crippen LogP contribution in [0, 0.1) is 13.8 Å². The van der Waals surface area contributed by atoms with Crippen LogP contribution in [0.1, 0.15) is 30.7 Å². The van der Waals surface area contributed by atoms with Crippen molar-refractivity contribution in [2.45, 2.75) is 22.5 Å². The molecular weight excluding hydrogens is 529 g/mol. The van der Waals surface area contributed by atoms with Gasteiger partial charge in [0, 0.05) is 22.9 Å². The van der Waals surface area contributed by atoms with E-state index >= 15 is 0 Å². The second-order valence-corrected chi connectivity index (χ2v) is 12.1. The maximum Gasteiger partial charge on any atom is 0.267 e. The van der Waals surface area contributed by atoms with E-state index in [0.29, 0.717) is 9.75 Å².